The number of hydrogen-bond donors (Lipinski definition) is 0. The minimum atomic E-state index is 0.768. The van der Waals surface area contributed by atoms with E-state index in [1.165, 1.54) is 5.56 Å². The molecule has 0 amide bonds. The second kappa shape index (κ2) is 3.43. The maximum atomic E-state index is 8.97. The summed E-state index contributed by atoms with van der Waals surface area (Å²) in [6.07, 6.45) is 1.02. The Morgan fingerprint density at radius 2 is 2.54 bits per heavy atom. The fourth-order valence-electron chi connectivity index (χ4n) is 1.60. The second-order valence-electron chi connectivity index (χ2n) is 3.00. The third kappa shape index (κ3) is 1.33. The van der Waals surface area contributed by atoms with Crippen molar-refractivity contribution in [3.8, 4) is 6.07 Å². The monoisotopic (exact) mass is 193 g/mol. The number of hydrogen-bond acceptors (Lipinski definition) is 3. The van der Waals surface area contributed by atoms with E-state index in [1.807, 2.05) is 23.4 Å². The van der Waals surface area contributed by atoms with Gasteiger partial charge in [-0.1, -0.05) is 0 Å². The number of thioether (sulfide) groups is 1. The first kappa shape index (κ1) is 8.64. The van der Waals surface area contributed by atoms with Crippen molar-refractivity contribution in [3.63, 3.8) is 0 Å². The van der Waals surface area contributed by atoms with Gasteiger partial charge in [0.05, 0.1) is 5.69 Å². The molecule has 0 atom stereocenters. The zero-order valence-corrected chi connectivity index (χ0v) is 8.39. The van der Waals surface area contributed by atoms with Crippen LogP contribution in [0.4, 0.5) is 0 Å². The summed E-state index contributed by atoms with van der Waals surface area (Å²) in [5.41, 5.74) is 3.07. The Morgan fingerprint density at radius 1 is 1.69 bits per heavy atom. The lowest BCUT2D eigenvalue weighted by atomic mass is 10.2. The molecule has 0 saturated carbocycles. The highest BCUT2D eigenvalue weighted by Gasteiger charge is 2.19. The van der Waals surface area contributed by atoms with E-state index in [2.05, 4.69) is 11.2 Å². The molecule has 2 rings (SSSR count). The molecule has 3 nitrogen and oxygen atoms in total. The van der Waals surface area contributed by atoms with Crippen LogP contribution in [0.25, 0.3) is 0 Å². The molecule has 0 radical (unpaired) electrons. The molecule has 1 aliphatic rings. The molecule has 0 bridgehead atoms. The summed E-state index contributed by atoms with van der Waals surface area (Å²) in [4.78, 5) is 0. The highest BCUT2D eigenvalue weighted by molar-refractivity contribution is 7.98. The standard InChI is InChI=1S/C9H11N3S/c1-2-12-9(5-10)7-6-13-4-3-8(7)11-12/h2-4,6H2,1H3. The van der Waals surface area contributed by atoms with Gasteiger partial charge < -0.3 is 0 Å². The molecule has 1 aromatic heterocycles. The van der Waals surface area contributed by atoms with Crippen molar-refractivity contribution in [2.75, 3.05) is 5.75 Å². The summed E-state index contributed by atoms with van der Waals surface area (Å²) in [7, 11) is 0. The van der Waals surface area contributed by atoms with Crippen molar-refractivity contribution in [1.29, 1.82) is 5.26 Å². The van der Waals surface area contributed by atoms with Gasteiger partial charge in [-0.05, 0) is 12.7 Å². The van der Waals surface area contributed by atoms with Crippen LogP contribution in [0, 0.1) is 11.3 Å². The largest absolute Gasteiger partial charge is 0.255 e. The van der Waals surface area contributed by atoms with Gasteiger partial charge in [-0.2, -0.15) is 22.1 Å². The van der Waals surface area contributed by atoms with Crippen LogP contribution in [0.15, 0.2) is 0 Å². The average Bonchev–Trinajstić information content (AvgIpc) is 2.55. The summed E-state index contributed by atoms with van der Waals surface area (Å²) < 4.78 is 1.82. The summed E-state index contributed by atoms with van der Waals surface area (Å²) in [6.45, 7) is 2.81. The Morgan fingerprint density at radius 3 is 3.23 bits per heavy atom. The van der Waals surface area contributed by atoms with Gasteiger partial charge in [0, 0.05) is 24.3 Å². The first-order valence-electron chi connectivity index (χ1n) is 4.43. The van der Waals surface area contributed by atoms with Crippen molar-refractivity contribution >= 4 is 11.8 Å². The predicted molar refractivity (Wildman–Crippen MR) is 52.5 cm³/mol. The van der Waals surface area contributed by atoms with Crippen LogP contribution in [0.5, 0.6) is 0 Å². The predicted octanol–water partition coefficient (Wildman–Crippen LogP) is 1.56. The molecule has 0 spiro atoms. The highest BCUT2D eigenvalue weighted by atomic mass is 32.2. The van der Waals surface area contributed by atoms with Crippen molar-refractivity contribution in [3.05, 3.63) is 17.0 Å². The lowest BCUT2D eigenvalue weighted by Gasteiger charge is -2.07. The maximum absolute atomic E-state index is 8.97. The van der Waals surface area contributed by atoms with Crippen LogP contribution in [-0.4, -0.2) is 15.5 Å². The molecule has 13 heavy (non-hydrogen) atoms. The van der Waals surface area contributed by atoms with Gasteiger partial charge in [0.25, 0.3) is 0 Å². The van der Waals surface area contributed by atoms with Gasteiger partial charge in [-0.15, -0.1) is 0 Å². The van der Waals surface area contributed by atoms with E-state index < -0.39 is 0 Å². The van der Waals surface area contributed by atoms with Gasteiger partial charge in [-0.3, -0.25) is 4.68 Å². The smallest absolute Gasteiger partial charge is 0.142 e. The normalized spacial score (nSPS) is 15.1. The van der Waals surface area contributed by atoms with Crippen molar-refractivity contribution < 1.29 is 0 Å². The van der Waals surface area contributed by atoms with Crippen LogP contribution >= 0.6 is 11.8 Å². The number of aromatic nitrogens is 2. The summed E-state index contributed by atoms with van der Waals surface area (Å²) >= 11 is 1.89. The molecule has 2 heterocycles. The Labute approximate surface area is 81.7 Å². The molecule has 0 aliphatic carbocycles. The van der Waals surface area contributed by atoms with Crippen LogP contribution in [0.1, 0.15) is 23.9 Å². The zero-order chi connectivity index (χ0) is 9.26. The third-order valence-electron chi connectivity index (χ3n) is 2.27. The topological polar surface area (TPSA) is 41.6 Å². The molecule has 4 heteroatoms. The van der Waals surface area contributed by atoms with E-state index in [0.29, 0.717) is 0 Å². The van der Waals surface area contributed by atoms with E-state index >= 15 is 0 Å². The third-order valence-corrected chi connectivity index (χ3v) is 3.25. The summed E-state index contributed by atoms with van der Waals surface area (Å²) in [6, 6.07) is 2.24. The molecule has 0 aromatic carbocycles. The number of nitrogens with zero attached hydrogens (tertiary/aromatic N) is 3. The number of fused-ring (bicyclic) bond motifs is 1. The Kier molecular flexibility index (Phi) is 2.28. The fraction of sp³-hybridized carbons (Fsp3) is 0.556. The van der Waals surface area contributed by atoms with E-state index in [-0.39, 0.29) is 0 Å². The zero-order valence-electron chi connectivity index (χ0n) is 7.58. The van der Waals surface area contributed by atoms with Crippen LogP contribution in [0.2, 0.25) is 0 Å². The molecule has 1 aromatic rings. The summed E-state index contributed by atoms with van der Waals surface area (Å²) in [5, 5.41) is 13.4. The lowest BCUT2D eigenvalue weighted by molar-refractivity contribution is 0.641. The Balaban J connectivity index is 2.52. The highest BCUT2D eigenvalue weighted by Crippen LogP contribution is 2.26. The molecular weight excluding hydrogens is 182 g/mol. The van der Waals surface area contributed by atoms with Crippen molar-refractivity contribution in [1.82, 2.24) is 9.78 Å². The molecule has 1 aliphatic heterocycles. The van der Waals surface area contributed by atoms with Crippen molar-refractivity contribution in [2.45, 2.75) is 25.6 Å². The molecule has 0 saturated heterocycles. The second-order valence-corrected chi connectivity index (χ2v) is 4.11. The van der Waals surface area contributed by atoms with Crippen LogP contribution in [0.3, 0.4) is 0 Å². The lowest BCUT2D eigenvalue weighted by Crippen LogP contribution is -2.00. The Bertz CT molecular complexity index is 362. The maximum Gasteiger partial charge on any atom is 0.142 e. The molecule has 0 unspecified atom stereocenters. The van der Waals surface area contributed by atoms with Crippen LogP contribution in [-0.2, 0) is 18.7 Å². The first-order valence-corrected chi connectivity index (χ1v) is 5.58. The number of aryl methyl sites for hydroxylation is 2. The van der Waals surface area contributed by atoms with E-state index in [4.69, 9.17) is 5.26 Å². The average molecular weight is 193 g/mol. The van der Waals surface area contributed by atoms with Gasteiger partial charge >= 0.3 is 0 Å². The minimum Gasteiger partial charge on any atom is -0.255 e. The van der Waals surface area contributed by atoms with E-state index in [1.54, 1.807) is 0 Å². The molecular formula is C9H11N3S. The van der Waals surface area contributed by atoms with E-state index in [9.17, 15) is 0 Å². The van der Waals surface area contributed by atoms with Gasteiger partial charge in [-0.25, -0.2) is 0 Å². The number of nitriles is 1. The van der Waals surface area contributed by atoms with Gasteiger partial charge in [0.15, 0.2) is 0 Å². The van der Waals surface area contributed by atoms with Gasteiger partial charge in [0.1, 0.15) is 11.8 Å². The minimum absolute atomic E-state index is 0.768. The number of rotatable bonds is 1. The first-order chi connectivity index (χ1) is 6.36. The molecule has 0 N–H and O–H groups in total. The molecule has 68 valence electrons. The SMILES string of the molecule is CCn1nc2c(c1C#N)CSCC2. The van der Waals surface area contributed by atoms with Crippen molar-refractivity contribution in [2.24, 2.45) is 0 Å². The summed E-state index contributed by atoms with van der Waals surface area (Å²) in [5.74, 6) is 2.09. The quantitative estimate of drug-likeness (QED) is 0.679. The Hall–Kier alpha value is -0.950. The van der Waals surface area contributed by atoms with Crippen LogP contribution < -0.4 is 0 Å². The fourth-order valence-corrected chi connectivity index (χ4v) is 2.59. The van der Waals surface area contributed by atoms with Gasteiger partial charge in [0.2, 0.25) is 0 Å². The van der Waals surface area contributed by atoms with E-state index in [0.717, 1.165) is 35.9 Å². The molecule has 0 fully saturated rings.